The summed E-state index contributed by atoms with van der Waals surface area (Å²) in [5.41, 5.74) is 0.134. The van der Waals surface area contributed by atoms with Crippen molar-refractivity contribution < 1.29 is 4.42 Å². The lowest BCUT2D eigenvalue weighted by Crippen LogP contribution is -2.06. The average molecular weight is 218 g/mol. The van der Waals surface area contributed by atoms with E-state index in [9.17, 15) is 4.79 Å². The van der Waals surface area contributed by atoms with E-state index < -0.39 is 0 Å². The molecule has 0 spiro atoms. The van der Waals surface area contributed by atoms with Gasteiger partial charge in [-0.2, -0.15) is 4.98 Å². The third kappa shape index (κ3) is 2.27. The van der Waals surface area contributed by atoms with Crippen LogP contribution in [0, 0.1) is 0 Å². The molecule has 2 heterocycles. The van der Waals surface area contributed by atoms with E-state index in [-0.39, 0.29) is 5.63 Å². The summed E-state index contributed by atoms with van der Waals surface area (Å²) >= 11 is 0. The van der Waals surface area contributed by atoms with Crippen LogP contribution in [0.1, 0.15) is 32.1 Å². The Balaban J connectivity index is 2.31. The van der Waals surface area contributed by atoms with Gasteiger partial charge >= 0.3 is 5.63 Å². The summed E-state index contributed by atoms with van der Waals surface area (Å²) in [7, 11) is 0. The molecule has 2 aromatic rings. The quantitative estimate of drug-likeness (QED) is 0.739. The van der Waals surface area contributed by atoms with Crippen molar-refractivity contribution in [3.05, 3.63) is 34.6 Å². The highest BCUT2D eigenvalue weighted by Crippen LogP contribution is 2.07. The smallest absolute Gasteiger partial charge is 0.348 e. The minimum Gasteiger partial charge on any atom is -0.408 e. The molecule has 0 aliphatic heterocycles. The molecule has 0 bridgehead atoms. The number of rotatable bonds is 4. The third-order valence-electron chi connectivity index (χ3n) is 2.44. The number of aryl methyl sites for hydroxylation is 1. The Morgan fingerprint density at radius 3 is 3.06 bits per heavy atom. The van der Waals surface area contributed by atoms with Crippen LogP contribution in [0.25, 0.3) is 11.0 Å². The van der Waals surface area contributed by atoms with Crippen LogP contribution in [0.5, 0.6) is 0 Å². The van der Waals surface area contributed by atoms with Crippen molar-refractivity contribution in [3.63, 3.8) is 0 Å². The Bertz CT molecular complexity index is 534. The normalized spacial score (nSPS) is 10.8. The average Bonchev–Trinajstić information content (AvgIpc) is 2.30. The van der Waals surface area contributed by atoms with Gasteiger partial charge in [0.15, 0.2) is 5.65 Å². The predicted molar refractivity (Wildman–Crippen MR) is 61.3 cm³/mol. The first-order valence-electron chi connectivity index (χ1n) is 5.56. The van der Waals surface area contributed by atoms with Crippen LogP contribution in [-0.2, 0) is 6.42 Å². The molecule has 0 saturated carbocycles. The lowest BCUT2D eigenvalue weighted by Gasteiger charge is -1.99. The monoisotopic (exact) mass is 218 g/mol. The number of hydrogen-bond acceptors (Lipinski definition) is 4. The zero-order valence-corrected chi connectivity index (χ0v) is 9.27. The molecule has 0 atom stereocenters. The highest BCUT2D eigenvalue weighted by atomic mass is 16.4. The van der Waals surface area contributed by atoms with Crippen LogP contribution in [-0.4, -0.2) is 9.97 Å². The molecule has 2 rings (SSSR count). The van der Waals surface area contributed by atoms with Crippen molar-refractivity contribution in [2.75, 3.05) is 0 Å². The summed E-state index contributed by atoms with van der Waals surface area (Å²) < 4.78 is 5.13. The third-order valence-corrected chi connectivity index (χ3v) is 2.44. The fraction of sp³-hybridized carbons (Fsp3) is 0.417. The van der Waals surface area contributed by atoms with Crippen molar-refractivity contribution >= 4 is 11.0 Å². The highest BCUT2D eigenvalue weighted by molar-refractivity contribution is 5.72. The summed E-state index contributed by atoms with van der Waals surface area (Å²) in [6, 6.07) is 3.38. The number of nitrogens with zero attached hydrogens (tertiary/aromatic N) is 2. The van der Waals surface area contributed by atoms with Gasteiger partial charge < -0.3 is 4.42 Å². The molecule has 0 saturated heterocycles. The number of aromatic nitrogens is 2. The first-order valence-corrected chi connectivity index (χ1v) is 5.56. The van der Waals surface area contributed by atoms with Crippen molar-refractivity contribution in [2.24, 2.45) is 0 Å². The Labute approximate surface area is 93.3 Å². The van der Waals surface area contributed by atoms with E-state index in [1.807, 2.05) is 0 Å². The molecule has 4 heteroatoms. The van der Waals surface area contributed by atoms with Crippen LogP contribution in [0.2, 0.25) is 0 Å². The lowest BCUT2D eigenvalue weighted by atomic mass is 10.2. The van der Waals surface area contributed by atoms with Crippen LogP contribution in [0.4, 0.5) is 0 Å². The molecule has 0 amide bonds. The van der Waals surface area contributed by atoms with Gasteiger partial charge in [0.2, 0.25) is 5.89 Å². The summed E-state index contributed by atoms with van der Waals surface area (Å²) in [6.07, 6.45) is 5.58. The van der Waals surface area contributed by atoms with Crippen LogP contribution >= 0.6 is 0 Å². The Morgan fingerprint density at radius 1 is 1.38 bits per heavy atom. The molecule has 0 aromatic carbocycles. The predicted octanol–water partition coefficient (Wildman–Crippen LogP) is 2.32. The zero-order chi connectivity index (χ0) is 11.4. The SMILES string of the molecule is CCCCCc1nc2ncccc2c(=O)o1. The molecule has 0 fully saturated rings. The summed E-state index contributed by atoms with van der Waals surface area (Å²) in [5.74, 6) is 0.490. The fourth-order valence-electron chi connectivity index (χ4n) is 1.58. The summed E-state index contributed by atoms with van der Waals surface area (Å²) in [6.45, 7) is 2.13. The molecule has 0 aliphatic rings. The maximum Gasteiger partial charge on any atom is 0.348 e. The van der Waals surface area contributed by atoms with E-state index in [1.165, 1.54) is 0 Å². The molecular formula is C12H14N2O2. The second-order valence-electron chi connectivity index (χ2n) is 3.73. The first kappa shape index (κ1) is 10.8. The minimum absolute atomic E-state index is 0.343. The fourth-order valence-corrected chi connectivity index (χ4v) is 1.58. The van der Waals surface area contributed by atoms with Gasteiger partial charge in [0.25, 0.3) is 0 Å². The van der Waals surface area contributed by atoms with Gasteiger partial charge in [-0.1, -0.05) is 19.8 Å². The summed E-state index contributed by atoms with van der Waals surface area (Å²) in [4.78, 5) is 19.9. The zero-order valence-electron chi connectivity index (χ0n) is 9.27. The van der Waals surface area contributed by atoms with Gasteiger partial charge in [-0.15, -0.1) is 0 Å². The van der Waals surface area contributed by atoms with Crippen molar-refractivity contribution in [1.29, 1.82) is 0 Å². The standard InChI is InChI=1S/C12H14N2O2/c1-2-3-4-7-10-14-11-9(12(15)16-10)6-5-8-13-11/h5-6,8H,2-4,7H2,1H3. The lowest BCUT2D eigenvalue weighted by molar-refractivity contribution is 0.435. The topological polar surface area (TPSA) is 56.0 Å². The highest BCUT2D eigenvalue weighted by Gasteiger charge is 2.05. The number of unbranched alkanes of at least 4 members (excludes halogenated alkanes) is 2. The van der Waals surface area contributed by atoms with Crippen LogP contribution in [0.15, 0.2) is 27.5 Å². The second-order valence-corrected chi connectivity index (χ2v) is 3.73. The maximum atomic E-state index is 11.6. The first-order chi connectivity index (χ1) is 7.81. The van der Waals surface area contributed by atoms with E-state index in [1.54, 1.807) is 18.3 Å². The van der Waals surface area contributed by atoms with Gasteiger partial charge in [0.1, 0.15) is 5.39 Å². The molecule has 4 nitrogen and oxygen atoms in total. The molecule has 0 radical (unpaired) electrons. The number of pyridine rings is 1. The Kier molecular flexibility index (Phi) is 3.29. The van der Waals surface area contributed by atoms with Crippen molar-refractivity contribution in [3.8, 4) is 0 Å². The van der Waals surface area contributed by atoms with Crippen LogP contribution < -0.4 is 5.63 Å². The van der Waals surface area contributed by atoms with E-state index in [4.69, 9.17) is 4.42 Å². The number of fused-ring (bicyclic) bond motifs is 1. The van der Waals surface area contributed by atoms with Gasteiger partial charge in [-0.25, -0.2) is 9.78 Å². The van der Waals surface area contributed by atoms with E-state index in [0.717, 1.165) is 19.3 Å². The summed E-state index contributed by atoms with van der Waals surface area (Å²) in [5, 5.41) is 0.446. The number of hydrogen-bond donors (Lipinski definition) is 0. The van der Waals surface area contributed by atoms with Crippen molar-refractivity contribution in [2.45, 2.75) is 32.6 Å². The van der Waals surface area contributed by atoms with E-state index in [2.05, 4.69) is 16.9 Å². The van der Waals surface area contributed by atoms with E-state index >= 15 is 0 Å². The van der Waals surface area contributed by atoms with Crippen molar-refractivity contribution in [1.82, 2.24) is 9.97 Å². The van der Waals surface area contributed by atoms with Crippen LogP contribution in [0.3, 0.4) is 0 Å². The molecular weight excluding hydrogens is 204 g/mol. The molecule has 84 valence electrons. The molecule has 2 aromatic heterocycles. The van der Waals surface area contributed by atoms with E-state index in [0.29, 0.717) is 23.3 Å². The molecule has 16 heavy (non-hydrogen) atoms. The minimum atomic E-state index is -0.343. The van der Waals surface area contributed by atoms with Gasteiger partial charge in [-0.3, -0.25) is 0 Å². The van der Waals surface area contributed by atoms with Gasteiger partial charge in [0, 0.05) is 12.6 Å². The Morgan fingerprint density at radius 2 is 2.25 bits per heavy atom. The largest absolute Gasteiger partial charge is 0.408 e. The van der Waals surface area contributed by atoms with Gasteiger partial charge in [0.05, 0.1) is 0 Å². The second kappa shape index (κ2) is 4.88. The molecule has 0 aliphatic carbocycles. The van der Waals surface area contributed by atoms with Gasteiger partial charge in [-0.05, 0) is 18.6 Å². The maximum absolute atomic E-state index is 11.6. The molecule has 0 unspecified atom stereocenters. The molecule has 0 N–H and O–H groups in total. The Hall–Kier alpha value is -1.71.